The van der Waals surface area contributed by atoms with E-state index < -0.39 is 11.7 Å². The van der Waals surface area contributed by atoms with Crippen molar-refractivity contribution in [2.24, 2.45) is 5.92 Å². The number of likely N-dealkylation sites (tertiary alicyclic amines) is 1. The summed E-state index contributed by atoms with van der Waals surface area (Å²) in [6, 6.07) is 3.64. The topological polar surface area (TPSA) is 78.5 Å². The lowest BCUT2D eigenvalue weighted by atomic mass is 9.96. The lowest BCUT2D eigenvalue weighted by Gasteiger charge is -2.30. The summed E-state index contributed by atoms with van der Waals surface area (Å²) in [5.74, 6) is -2.40. The van der Waals surface area contributed by atoms with Crippen LogP contribution < -0.4 is 10.9 Å². The fraction of sp³-hybridized carbons (Fsp3) is 0.312. The van der Waals surface area contributed by atoms with Crippen LogP contribution in [0.5, 0.6) is 0 Å². The minimum absolute atomic E-state index is 0.166. The van der Waals surface area contributed by atoms with Gasteiger partial charge in [0.25, 0.3) is 5.91 Å². The van der Waals surface area contributed by atoms with E-state index in [2.05, 4.69) is 17.4 Å². The Hall–Kier alpha value is -2.41. The second kappa shape index (κ2) is 7.92. The Morgan fingerprint density at radius 1 is 1.25 bits per heavy atom. The van der Waals surface area contributed by atoms with Gasteiger partial charge in [-0.05, 0) is 37.1 Å². The summed E-state index contributed by atoms with van der Waals surface area (Å²) >= 11 is 5.62. The third-order valence-corrected chi connectivity index (χ3v) is 4.06. The normalized spacial score (nSPS) is 14.8. The zero-order valence-electron chi connectivity index (χ0n) is 12.9. The number of hydrogen-bond donors (Lipinski definition) is 2. The fourth-order valence-electron chi connectivity index (χ4n) is 2.45. The number of nitrogens with one attached hydrogen (secondary N) is 2. The Morgan fingerprint density at radius 2 is 1.92 bits per heavy atom. The summed E-state index contributed by atoms with van der Waals surface area (Å²) in [5, 5.41) is 0.175. The zero-order valence-corrected chi connectivity index (χ0v) is 13.6. The van der Waals surface area contributed by atoms with Gasteiger partial charge in [-0.25, -0.2) is 4.39 Å². The van der Waals surface area contributed by atoms with E-state index in [0.29, 0.717) is 25.9 Å². The third-order valence-electron chi connectivity index (χ3n) is 3.83. The Bertz CT molecular complexity index is 673. The van der Waals surface area contributed by atoms with E-state index in [1.54, 1.807) is 4.90 Å². The first-order chi connectivity index (χ1) is 11.4. The highest BCUT2D eigenvalue weighted by molar-refractivity contribution is 6.30. The summed E-state index contributed by atoms with van der Waals surface area (Å²) in [6.07, 6.45) is 2.20. The molecule has 1 fully saturated rings. The molecule has 1 aromatic rings. The van der Waals surface area contributed by atoms with Gasteiger partial charge in [-0.15, -0.1) is 0 Å². The standard InChI is InChI=1S/C16H17ClFN3O3/c1-2-14(22)21-7-5-10(6-8-21)15(23)19-20-16(24)12-4-3-11(17)9-13(12)18/h2-4,9-10H,1,5-8H2,(H,19,23)(H,20,24). The van der Waals surface area contributed by atoms with Crippen LogP contribution in [-0.2, 0) is 9.59 Å². The van der Waals surface area contributed by atoms with Crippen LogP contribution in [0.25, 0.3) is 0 Å². The fourth-order valence-corrected chi connectivity index (χ4v) is 2.61. The van der Waals surface area contributed by atoms with E-state index in [1.165, 1.54) is 18.2 Å². The second-order valence-electron chi connectivity index (χ2n) is 5.37. The molecule has 8 heteroatoms. The van der Waals surface area contributed by atoms with Gasteiger partial charge in [0, 0.05) is 24.0 Å². The minimum Gasteiger partial charge on any atom is -0.339 e. The molecule has 1 aromatic carbocycles. The van der Waals surface area contributed by atoms with Crippen LogP contribution in [0, 0.1) is 11.7 Å². The van der Waals surface area contributed by atoms with Gasteiger partial charge in [0.05, 0.1) is 5.56 Å². The number of piperidine rings is 1. The maximum atomic E-state index is 13.6. The molecule has 0 unspecified atom stereocenters. The van der Waals surface area contributed by atoms with Crippen molar-refractivity contribution in [3.8, 4) is 0 Å². The third kappa shape index (κ3) is 4.32. The lowest BCUT2D eigenvalue weighted by Crippen LogP contribution is -2.48. The molecule has 1 aliphatic heterocycles. The Kier molecular flexibility index (Phi) is 5.92. The first-order valence-electron chi connectivity index (χ1n) is 7.39. The van der Waals surface area contributed by atoms with E-state index >= 15 is 0 Å². The van der Waals surface area contributed by atoms with Crippen molar-refractivity contribution in [1.29, 1.82) is 0 Å². The van der Waals surface area contributed by atoms with Crippen LogP contribution >= 0.6 is 11.6 Å². The van der Waals surface area contributed by atoms with Gasteiger partial charge in [-0.2, -0.15) is 0 Å². The van der Waals surface area contributed by atoms with Crippen LogP contribution in [0.2, 0.25) is 5.02 Å². The average molecular weight is 354 g/mol. The molecule has 24 heavy (non-hydrogen) atoms. The van der Waals surface area contributed by atoms with Gasteiger partial charge in [0.2, 0.25) is 11.8 Å². The summed E-state index contributed by atoms with van der Waals surface area (Å²) in [4.78, 5) is 37.0. The Balaban J connectivity index is 1.84. The van der Waals surface area contributed by atoms with E-state index in [-0.39, 0.29) is 28.3 Å². The molecule has 1 aliphatic rings. The molecule has 2 N–H and O–H groups in total. The molecule has 0 aromatic heterocycles. The van der Waals surface area contributed by atoms with Crippen molar-refractivity contribution in [3.05, 3.63) is 47.3 Å². The molecule has 0 spiro atoms. The highest BCUT2D eigenvalue weighted by Crippen LogP contribution is 2.17. The molecule has 0 radical (unpaired) electrons. The van der Waals surface area contributed by atoms with E-state index in [1.807, 2.05) is 0 Å². The highest BCUT2D eigenvalue weighted by atomic mass is 35.5. The number of carbonyl (C=O) groups is 3. The molecule has 3 amide bonds. The van der Waals surface area contributed by atoms with Gasteiger partial charge in [0.15, 0.2) is 0 Å². The molecule has 1 heterocycles. The molecular formula is C16H17ClFN3O3. The summed E-state index contributed by atoms with van der Waals surface area (Å²) < 4.78 is 13.6. The second-order valence-corrected chi connectivity index (χ2v) is 5.81. The van der Waals surface area contributed by atoms with E-state index in [9.17, 15) is 18.8 Å². The van der Waals surface area contributed by atoms with Crippen LogP contribution in [0.3, 0.4) is 0 Å². The number of nitrogens with zero attached hydrogens (tertiary/aromatic N) is 1. The van der Waals surface area contributed by atoms with Gasteiger partial charge in [-0.3, -0.25) is 25.2 Å². The molecular weight excluding hydrogens is 337 g/mol. The number of carbonyl (C=O) groups excluding carboxylic acids is 3. The lowest BCUT2D eigenvalue weighted by molar-refractivity contribution is -0.132. The van der Waals surface area contributed by atoms with Crippen molar-refractivity contribution in [2.75, 3.05) is 13.1 Å². The number of amides is 3. The predicted molar refractivity (Wildman–Crippen MR) is 86.5 cm³/mol. The number of rotatable bonds is 3. The monoisotopic (exact) mass is 353 g/mol. The molecule has 128 valence electrons. The molecule has 1 saturated heterocycles. The summed E-state index contributed by atoms with van der Waals surface area (Å²) in [6.45, 7) is 4.32. The molecule has 2 rings (SSSR count). The van der Waals surface area contributed by atoms with Crippen molar-refractivity contribution < 1.29 is 18.8 Å². The molecule has 6 nitrogen and oxygen atoms in total. The quantitative estimate of drug-likeness (QED) is 0.641. The first-order valence-corrected chi connectivity index (χ1v) is 7.76. The van der Waals surface area contributed by atoms with Crippen molar-refractivity contribution >= 4 is 29.3 Å². The van der Waals surface area contributed by atoms with Crippen LogP contribution in [0.4, 0.5) is 4.39 Å². The average Bonchev–Trinajstić information content (AvgIpc) is 2.58. The smallest absolute Gasteiger partial charge is 0.272 e. The minimum atomic E-state index is -0.773. The summed E-state index contributed by atoms with van der Waals surface area (Å²) in [5.41, 5.74) is 4.26. The number of hydrazine groups is 1. The maximum absolute atomic E-state index is 13.6. The SMILES string of the molecule is C=CC(=O)N1CCC(C(=O)NNC(=O)c2ccc(Cl)cc2F)CC1. The van der Waals surface area contributed by atoms with Crippen LogP contribution in [0.15, 0.2) is 30.9 Å². The van der Waals surface area contributed by atoms with E-state index in [0.717, 1.165) is 6.07 Å². The van der Waals surface area contributed by atoms with Gasteiger partial charge < -0.3 is 4.90 Å². The zero-order chi connectivity index (χ0) is 17.7. The first kappa shape index (κ1) is 17.9. The van der Waals surface area contributed by atoms with E-state index in [4.69, 9.17) is 11.6 Å². The maximum Gasteiger partial charge on any atom is 0.272 e. The Morgan fingerprint density at radius 3 is 2.50 bits per heavy atom. The number of hydrogen-bond acceptors (Lipinski definition) is 3. The number of benzene rings is 1. The van der Waals surface area contributed by atoms with Gasteiger partial charge in [0.1, 0.15) is 5.82 Å². The molecule has 0 saturated carbocycles. The Labute approximate surface area is 143 Å². The predicted octanol–water partition coefficient (Wildman–Crippen LogP) is 1.66. The molecule has 0 atom stereocenters. The van der Waals surface area contributed by atoms with Gasteiger partial charge >= 0.3 is 0 Å². The molecule has 0 aliphatic carbocycles. The van der Waals surface area contributed by atoms with Crippen LogP contribution in [-0.4, -0.2) is 35.7 Å². The number of halogens is 2. The highest BCUT2D eigenvalue weighted by Gasteiger charge is 2.26. The summed E-state index contributed by atoms with van der Waals surface area (Å²) in [7, 11) is 0. The van der Waals surface area contributed by atoms with Crippen molar-refractivity contribution in [1.82, 2.24) is 15.8 Å². The van der Waals surface area contributed by atoms with Crippen molar-refractivity contribution in [3.63, 3.8) is 0 Å². The van der Waals surface area contributed by atoms with Gasteiger partial charge in [-0.1, -0.05) is 18.2 Å². The molecule has 0 bridgehead atoms. The largest absolute Gasteiger partial charge is 0.339 e. The van der Waals surface area contributed by atoms with Crippen molar-refractivity contribution in [2.45, 2.75) is 12.8 Å². The van der Waals surface area contributed by atoms with Crippen LogP contribution in [0.1, 0.15) is 23.2 Å².